The van der Waals surface area contributed by atoms with E-state index in [-0.39, 0.29) is 0 Å². The molecular formula is C16H18N4S. The summed E-state index contributed by atoms with van der Waals surface area (Å²) < 4.78 is 6.62. The Balaban J connectivity index is 1.62. The molecule has 1 unspecified atom stereocenters. The summed E-state index contributed by atoms with van der Waals surface area (Å²) in [5.74, 6) is 2.86. The van der Waals surface area contributed by atoms with Gasteiger partial charge in [-0.15, -0.1) is 0 Å². The highest BCUT2D eigenvalue weighted by molar-refractivity contribution is 7.98. The molecule has 21 heavy (non-hydrogen) atoms. The van der Waals surface area contributed by atoms with Gasteiger partial charge in [-0.3, -0.25) is 0 Å². The van der Waals surface area contributed by atoms with Crippen LogP contribution in [0.25, 0.3) is 5.69 Å². The number of amidine groups is 1. The van der Waals surface area contributed by atoms with Crippen molar-refractivity contribution in [3.63, 3.8) is 0 Å². The summed E-state index contributed by atoms with van der Waals surface area (Å²) in [6.45, 7) is 2.31. The third-order valence-electron chi connectivity index (χ3n) is 4.23. The molecule has 1 aromatic carbocycles. The molecule has 0 bridgehead atoms. The number of benzene rings is 1. The molecule has 0 radical (unpaired) electrons. The van der Waals surface area contributed by atoms with Crippen LogP contribution < -0.4 is 0 Å². The van der Waals surface area contributed by atoms with E-state index in [2.05, 4.69) is 34.3 Å². The molecule has 0 N–H and O–H groups in total. The molecule has 0 aliphatic carbocycles. The zero-order valence-corrected chi connectivity index (χ0v) is 12.7. The molecule has 5 heteroatoms. The lowest BCUT2D eigenvalue weighted by Crippen LogP contribution is -2.42. The third-order valence-corrected chi connectivity index (χ3v) is 4.91. The smallest absolute Gasteiger partial charge is 0.120 e. The maximum Gasteiger partial charge on any atom is 0.120 e. The SMILES string of the molecule is c1cnn(-c2ccc(C3CCCN4CCSN=C34)cc2)c1. The summed E-state index contributed by atoms with van der Waals surface area (Å²) in [4.78, 5) is 2.46. The van der Waals surface area contributed by atoms with E-state index < -0.39 is 0 Å². The monoisotopic (exact) mass is 298 g/mol. The second-order valence-corrected chi connectivity index (χ2v) is 6.36. The Morgan fingerprint density at radius 1 is 1.14 bits per heavy atom. The molecule has 0 saturated carbocycles. The van der Waals surface area contributed by atoms with Crippen LogP contribution in [0, 0.1) is 0 Å². The van der Waals surface area contributed by atoms with Crippen molar-refractivity contribution < 1.29 is 0 Å². The normalized spacial score (nSPS) is 21.8. The molecule has 0 amide bonds. The summed E-state index contributed by atoms with van der Waals surface area (Å²) in [5, 5.41) is 4.28. The number of rotatable bonds is 2. The zero-order chi connectivity index (χ0) is 14.1. The van der Waals surface area contributed by atoms with Gasteiger partial charge in [-0.2, -0.15) is 5.10 Å². The van der Waals surface area contributed by atoms with Crippen LogP contribution in [-0.2, 0) is 0 Å². The van der Waals surface area contributed by atoms with Crippen molar-refractivity contribution in [1.29, 1.82) is 0 Å². The van der Waals surface area contributed by atoms with Gasteiger partial charge in [0.25, 0.3) is 0 Å². The van der Waals surface area contributed by atoms with Gasteiger partial charge in [0, 0.05) is 37.2 Å². The van der Waals surface area contributed by atoms with Gasteiger partial charge in [0.1, 0.15) is 5.84 Å². The van der Waals surface area contributed by atoms with Crippen LogP contribution in [0.4, 0.5) is 0 Å². The van der Waals surface area contributed by atoms with Crippen LogP contribution >= 0.6 is 11.9 Å². The fourth-order valence-electron chi connectivity index (χ4n) is 3.16. The van der Waals surface area contributed by atoms with E-state index in [1.54, 1.807) is 18.1 Å². The highest BCUT2D eigenvalue weighted by Gasteiger charge is 2.29. The molecule has 4 rings (SSSR count). The second-order valence-electron chi connectivity index (χ2n) is 5.51. The maximum absolute atomic E-state index is 4.72. The van der Waals surface area contributed by atoms with Crippen molar-refractivity contribution in [1.82, 2.24) is 14.7 Å². The van der Waals surface area contributed by atoms with Gasteiger partial charge >= 0.3 is 0 Å². The van der Waals surface area contributed by atoms with Gasteiger partial charge in [-0.25, -0.2) is 9.08 Å². The van der Waals surface area contributed by atoms with E-state index in [1.807, 2.05) is 16.9 Å². The minimum Gasteiger partial charge on any atom is -0.358 e. The summed E-state index contributed by atoms with van der Waals surface area (Å²) >= 11 is 1.71. The van der Waals surface area contributed by atoms with Crippen molar-refractivity contribution in [3.8, 4) is 5.69 Å². The molecule has 3 heterocycles. The van der Waals surface area contributed by atoms with Crippen molar-refractivity contribution in [2.45, 2.75) is 18.8 Å². The number of piperidine rings is 1. The Kier molecular flexibility index (Phi) is 3.43. The van der Waals surface area contributed by atoms with E-state index in [4.69, 9.17) is 4.40 Å². The minimum absolute atomic E-state index is 0.457. The highest BCUT2D eigenvalue weighted by Crippen LogP contribution is 2.32. The first-order valence-corrected chi connectivity index (χ1v) is 8.41. The van der Waals surface area contributed by atoms with Crippen molar-refractivity contribution in [3.05, 3.63) is 48.3 Å². The summed E-state index contributed by atoms with van der Waals surface area (Å²) in [6, 6.07) is 10.7. The Morgan fingerprint density at radius 2 is 2.05 bits per heavy atom. The van der Waals surface area contributed by atoms with Crippen molar-refractivity contribution in [2.75, 3.05) is 18.8 Å². The van der Waals surface area contributed by atoms with Gasteiger partial charge in [0.15, 0.2) is 0 Å². The molecule has 2 aromatic rings. The number of hydrogen-bond donors (Lipinski definition) is 0. The summed E-state index contributed by atoms with van der Waals surface area (Å²) in [6.07, 6.45) is 6.24. The fraction of sp³-hybridized carbons (Fsp3) is 0.375. The van der Waals surface area contributed by atoms with Gasteiger partial charge < -0.3 is 4.90 Å². The molecule has 108 valence electrons. The van der Waals surface area contributed by atoms with Gasteiger partial charge in [-0.05, 0) is 48.6 Å². The fourth-order valence-corrected chi connectivity index (χ4v) is 3.93. The topological polar surface area (TPSA) is 33.4 Å². The lowest BCUT2D eigenvalue weighted by atomic mass is 9.89. The first-order valence-electron chi connectivity index (χ1n) is 7.46. The first-order chi connectivity index (χ1) is 10.4. The number of fused-ring (bicyclic) bond motifs is 1. The predicted octanol–water partition coefficient (Wildman–Crippen LogP) is 3.11. The van der Waals surface area contributed by atoms with Crippen molar-refractivity contribution >= 4 is 17.8 Å². The van der Waals surface area contributed by atoms with Gasteiger partial charge in [-0.1, -0.05) is 12.1 Å². The van der Waals surface area contributed by atoms with Crippen LogP contribution in [0.3, 0.4) is 0 Å². The molecule has 0 spiro atoms. The van der Waals surface area contributed by atoms with Crippen LogP contribution in [0.5, 0.6) is 0 Å². The lowest BCUT2D eigenvalue weighted by molar-refractivity contribution is 0.371. The largest absolute Gasteiger partial charge is 0.358 e. The average molecular weight is 298 g/mol. The average Bonchev–Trinajstić information content (AvgIpc) is 3.09. The standard InChI is InChI=1S/C16H18N4S/c1-3-15(16-18-21-12-11-19(16)9-1)13-4-6-14(7-5-13)20-10-2-8-17-20/h2,4-8,10,15H,1,3,9,11-12H2. The van der Waals surface area contributed by atoms with Crippen LogP contribution in [-0.4, -0.2) is 39.4 Å². The van der Waals surface area contributed by atoms with Crippen LogP contribution in [0.15, 0.2) is 47.1 Å². The molecule has 2 aliphatic rings. The Hall–Kier alpha value is -1.75. The number of nitrogens with zero attached hydrogens (tertiary/aromatic N) is 4. The third kappa shape index (κ3) is 2.46. The van der Waals surface area contributed by atoms with E-state index in [1.165, 1.54) is 30.8 Å². The number of aromatic nitrogens is 2. The molecule has 2 aliphatic heterocycles. The van der Waals surface area contributed by atoms with Crippen LogP contribution in [0.2, 0.25) is 0 Å². The lowest BCUT2D eigenvalue weighted by Gasteiger charge is -2.37. The van der Waals surface area contributed by atoms with Crippen molar-refractivity contribution in [2.24, 2.45) is 4.40 Å². The van der Waals surface area contributed by atoms with E-state index in [0.29, 0.717) is 5.92 Å². The molecule has 1 fully saturated rings. The number of hydrogen-bond acceptors (Lipinski definition) is 4. The minimum atomic E-state index is 0.457. The molecule has 4 nitrogen and oxygen atoms in total. The van der Waals surface area contributed by atoms with E-state index in [9.17, 15) is 0 Å². The van der Waals surface area contributed by atoms with E-state index in [0.717, 1.165) is 18.0 Å². The Morgan fingerprint density at radius 3 is 2.86 bits per heavy atom. The zero-order valence-electron chi connectivity index (χ0n) is 11.9. The van der Waals surface area contributed by atoms with E-state index >= 15 is 0 Å². The van der Waals surface area contributed by atoms with Crippen LogP contribution in [0.1, 0.15) is 24.3 Å². The molecule has 1 aromatic heterocycles. The molecule has 1 atom stereocenters. The Bertz CT molecular complexity index is 633. The summed E-state index contributed by atoms with van der Waals surface area (Å²) in [7, 11) is 0. The second kappa shape index (κ2) is 5.56. The Labute approximate surface area is 129 Å². The maximum atomic E-state index is 4.72. The molecular weight excluding hydrogens is 280 g/mol. The quantitative estimate of drug-likeness (QED) is 0.799. The predicted molar refractivity (Wildman–Crippen MR) is 87.0 cm³/mol. The van der Waals surface area contributed by atoms with Gasteiger partial charge in [0.05, 0.1) is 5.69 Å². The summed E-state index contributed by atoms with van der Waals surface area (Å²) in [5.41, 5.74) is 2.48. The first kappa shape index (κ1) is 13.0. The highest BCUT2D eigenvalue weighted by atomic mass is 32.2. The molecule has 1 saturated heterocycles. The van der Waals surface area contributed by atoms with Gasteiger partial charge in [0.2, 0.25) is 0 Å².